The zero-order valence-electron chi connectivity index (χ0n) is 9.31. The Morgan fingerprint density at radius 3 is 2.56 bits per heavy atom. The van der Waals surface area contributed by atoms with Crippen LogP contribution >= 0.6 is 0 Å². The van der Waals surface area contributed by atoms with Gasteiger partial charge in [0.15, 0.2) is 0 Å². The van der Waals surface area contributed by atoms with E-state index in [1.165, 1.54) is 0 Å². The molecule has 16 heavy (non-hydrogen) atoms. The van der Waals surface area contributed by atoms with Gasteiger partial charge in [-0.3, -0.25) is 4.79 Å². The van der Waals surface area contributed by atoms with Gasteiger partial charge in [0.1, 0.15) is 5.75 Å². The summed E-state index contributed by atoms with van der Waals surface area (Å²) in [5, 5.41) is 0. The number of carbonyl (C=O) groups excluding carboxylic acids is 1. The van der Waals surface area contributed by atoms with Crippen molar-refractivity contribution in [2.75, 3.05) is 7.11 Å². The van der Waals surface area contributed by atoms with Crippen molar-refractivity contribution in [2.45, 2.75) is 0 Å². The number of benzene rings is 1. The largest absolute Gasteiger partial charge is 0.496 e. The average molecular weight is 215 g/mol. The Morgan fingerprint density at radius 1 is 1.19 bits per heavy atom. The topological polar surface area (TPSA) is 31.2 Å². The molecule has 1 aromatic carbocycles. The van der Waals surface area contributed by atoms with Crippen molar-refractivity contribution < 1.29 is 9.53 Å². The van der Waals surface area contributed by atoms with Gasteiger partial charge in [0.25, 0.3) is 0 Å². The van der Waals surface area contributed by atoms with Crippen molar-refractivity contribution in [1.29, 1.82) is 0 Å². The minimum Gasteiger partial charge on any atom is -0.496 e. The summed E-state index contributed by atoms with van der Waals surface area (Å²) in [5.41, 5.74) is 1.25. The third kappa shape index (κ3) is 1.72. The van der Waals surface area contributed by atoms with Gasteiger partial charge in [-0.2, -0.15) is 0 Å². The van der Waals surface area contributed by atoms with E-state index in [1.54, 1.807) is 29.9 Å². The summed E-state index contributed by atoms with van der Waals surface area (Å²) < 4.78 is 6.97. The Labute approximate surface area is 94.3 Å². The molecule has 1 aromatic heterocycles. The monoisotopic (exact) mass is 215 g/mol. The van der Waals surface area contributed by atoms with Crippen LogP contribution in [0.15, 0.2) is 42.6 Å². The van der Waals surface area contributed by atoms with E-state index in [4.69, 9.17) is 4.74 Å². The lowest BCUT2D eigenvalue weighted by Gasteiger charge is -2.07. The van der Waals surface area contributed by atoms with Crippen LogP contribution in [0.5, 0.6) is 5.75 Å². The maximum Gasteiger partial charge on any atom is 0.213 e. The van der Waals surface area contributed by atoms with Gasteiger partial charge in [-0.1, -0.05) is 12.1 Å². The second-order valence-electron chi connectivity index (χ2n) is 3.53. The number of carbonyl (C=O) groups is 1. The lowest BCUT2D eigenvalue weighted by atomic mass is 10.1. The second-order valence-corrected chi connectivity index (χ2v) is 3.53. The first-order valence-electron chi connectivity index (χ1n) is 5.03. The van der Waals surface area contributed by atoms with Crippen LogP contribution in [0.1, 0.15) is 16.1 Å². The third-order valence-corrected chi connectivity index (χ3v) is 2.53. The first-order valence-corrected chi connectivity index (χ1v) is 5.03. The lowest BCUT2D eigenvalue weighted by molar-refractivity contribution is 0.102. The minimum atomic E-state index is -0.0232. The molecule has 3 nitrogen and oxygen atoms in total. The molecule has 82 valence electrons. The molecule has 0 fully saturated rings. The molecule has 0 aliphatic heterocycles. The zero-order chi connectivity index (χ0) is 11.5. The van der Waals surface area contributed by atoms with Crippen molar-refractivity contribution in [3.8, 4) is 5.75 Å². The van der Waals surface area contributed by atoms with Crippen LogP contribution in [-0.4, -0.2) is 17.5 Å². The number of methoxy groups -OCH3 is 1. The van der Waals surface area contributed by atoms with E-state index in [9.17, 15) is 4.79 Å². The fraction of sp³-hybridized carbons (Fsp3) is 0.154. The van der Waals surface area contributed by atoms with Gasteiger partial charge in [-0.15, -0.1) is 0 Å². The summed E-state index contributed by atoms with van der Waals surface area (Å²) in [4.78, 5) is 12.2. The summed E-state index contributed by atoms with van der Waals surface area (Å²) in [5.74, 6) is 0.582. The first kappa shape index (κ1) is 10.5. The Hall–Kier alpha value is -2.03. The fourth-order valence-electron chi connectivity index (χ4n) is 1.67. The molecule has 0 N–H and O–H groups in total. The SMILES string of the molecule is COc1ccccc1C(=O)c1cccn1C. The fourth-order valence-corrected chi connectivity index (χ4v) is 1.67. The molecule has 0 unspecified atom stereocenters. The smallest absolute Gasteiger partial charge is 0.213 e. The van der Waals surface area contributed by atoms with Crippen LogP contribution < -0.4 is 4.74 Å². The number of hydrogen-bond acceptors (Lipinski definition) is 2. The van der Waals surface area contributed by atoms with E-state index < -0.39 is 0 Å². The van der Waals surface area contributed by atoms with Crippen molar-refractivity contribution in [3.63, 3.8) is 0 Å². The number of para-hydroxylation sites is 1. The molecule has 0 aliphatic rings. The molecule has 0 spiro atoms. The molecule has 0 atom stereocenters. The van der Waals surface area contributed by atoms with Gasteiger partial charge in [0, 0.05) is 13.2 Å². The van der Waals surface area contributed by atoms with E-state index in [-0.39, 0.29) is 5.78 Å². The van der Waals surface area contributed by atoms with E-state index >= 15 is 0 Å². The predicted octanol–water partition coefficient (Wildman–Crippen LogP) is 2.26. The first-order chi connectivity index (χ1) is 7.74. The number of hydrogen-bond donors (Lipinski definition) is 0. The van der Waals surface area contributed by atoms with Gasteiger partial charge in [-0.25, -0.2) is 0 Å². The molecular formula is C13H13NO2. The van der Waals surface area contributed by atoms with Crippen LogP contribution in [0, 0.1) is 0 Å². The zero-order valence-corrected chi connectivity index (χ0v) is 9.31. The second kappa shape index (κ2) is 4.23. The van der Waals surface area contributed by atoms with E-state index in [2.05, 4.69) is 0 Å². The van der Waals surface area contributed by atoms with Gasteiger partial charge in [-0.05, 0) is 24.3 Å². The standard InChI is InChI=1S/C13H13NO2/c1-14-9-5-7-11(14)13(15)10-6-3-4-8-12(10)16-2/h3-9H,1-2H3. The molecule has 2 aromatic rings. The Bertz CT molecular complexity index is 514. The maximum absolute atomic E-state index is 12.2. The Morgan fingerprint density at radius 2 is 1.94 bits per heavy atom. The number of aryl methyl sites for hydroxylation is 1. The van der Waals surface area contributed by atoms with E-state index in [0.29, 0.717) is 17.0 Å². The van der Waals surface area contributed by atoms with E-state index in [1.807, 2.05) is 31.4 Å². The molecular weight excluding hydrogens is 202 g/mol. The van der Waals surface area contributed by atoms with Gasteiger partial charge in [0.2, 0.25) is 5.78 Å². The summed E-state index contributed by atoms with van der Waals surface area (Å²) in [7, 11) is 3.42. The van der Waals surface area contributed by atoms with Gasteiger partial charge < -0.3 is 9.30 Å². The van der Waals surface area contributed by atoms with Crippen molar-refractivity contribution in [2.24, 2.45) is 7.05 Å². The number of aromatic nitrogens is 1. The highest BCUT2D eigenvalue weighted by Gasteiger charge is 2.15. The van der Waals surface area contributed by atoms with E-state index in [0.717, 1.165) is 0 Å². The lowest BCUT2D eigenvalue weighted by Crippen LogP contribution is -2.08. The molecule has 0 aliphatic carbocycles. The normalized spacial score (nSPS) is 10.1. The Balaban J connectivity index is 2.46. The molecule has 0 saturated carbocycles. The van der Waals surface area contributed by atoms with Gasteiger partial charge >= 0.3 is 0 Å². The summed E-state index contributed by atoms with van der Waals surface area (Å²) in [6, 6.07) is 10.9. The highest BCUT2D eigenvalue weighted by atomic mass is 16.5. The average Bonchev–Trinajstić information content (AvgIpc) is 2.74. The molecule has 2 rings (SSSR count). The molecule has 3 heteroatoms. The quantitative estimate of drug-likeness (QED) is 0.735. The van der Waals surface area contributed by atoms with Crippen LogP contribution in [0.2, 0.25) is 0 Å². The maximum atomic E-state index is 12.2. The number of rotatable bonds is 3. The number of ether oxygens (including phenoxy) is 1. The molecule has 1 heterocycles. The molecule has 0 radical (unpaired) electrons. The number of ketones is 1. The predicted molar refractivity (Wildman–Crippen MR) is 61.8 cm³/mol. The van der Waals surface area contributed by atoms with Crippen molar-refractivity contribution >= 4 is 5.78 Å². The third-order valence-electron chi connectivity index (χ3n) is 2.53. The number of nitrogens with zero attached hydrogens (tertiary/aromatic N) is 1. The summed E-state index contributed by atoms with van der Waals surface area (Å²) in [6.45, 7) is 0. The highest BCUT2D eigenvalue weighted by Crippen LogP contribution is 2.20. The Kier molecular flexibility index (Phi) is 2.77. The minimum absolute atomic E-state index is 0.0232. The summed E-state index contributed by atoms with van der Waals surface area (Å²) in [6.07, 6.45) is 1.85. The van der Waals surface area contributed by atoms with Gasteiger partial charge in [0.05, 0.1) is 18.4 Å². The van der Waals surface area contributed by atoms with Crippen LogP contribution in [0.3, 0.4) is 0 Å². The van der Waals surface area contributed by atoms with Crippen molar-refractivity contribution in [3.05, 3.63) is 53.9 Å². The van der Waals surface area contributed by atoms with Crippen molar-refractivity contribution in [1.82, 2.24) is 4.57 Å². The van der Waals surface area contributed by atoms with Crippen LogP contribution in [-0.2, 0) is 7.05 Å². The summed E-state index contributed by atoms with van der Waals surface area (Å²) >= 11 is 0. The van der Waals surface area contributed by atoms with Crippen LogP contribution in [0.25, 0.3) is 0 Å². The highest BCUT2D eigenvalue weighted by molar-refractivity contribution is 6.09. The molecule has 0 bridgehead atoms. The molecule has 0 amide bonds. The van der Waals surface area contributed by atoms with Crippen LogP contribution in [0.4, 0.5) is 0 Å². The molecule has 0 saturated heterocycles.